The van der Waals surface area contributed by atoms with E-state index in [1.807, 2.05) is 29.6 Å². The second-order valence-corrected chi connectivity index (χ2v) is 6.96. The third kappa shape index (κ3) is 2.22. The van der Waals surface area contributed by atoms with E-state index in [9.17, 15) is 4.79 Å². The van der Waals surface area contributed by atoms with E-state index in [4.69, 9.17) is 4.98 Å². The molecule has 1 saturated heterocycles. The molecular formula is C18H19N7O. The van der Waals surface area contributed by atoms with Gasteiger partial charge in [0, 0.05) is 31.4 Å². The largest absolute Gasteiger partial charge is 0.345 e. The number of aromatic nitrogens is 6. The fraction of sp³-hybridized carbons (Fsp3) is 0.333. The lowest BCUT2D eigenvalue weighted by atomic mass is 9.86. The van der Waals surface area contributed by atoms with Gasteiger partial charge in [-0.3, -0.25) is 14.3 Å². The van der Waals surface area contributed by atoms with Crippen molar-refractivity contribution in [3.05, 3.63) is 48.4 Å². The highest BCUT2D eigenvalue weighted by molar-refractivity contribution is 5.93. The molecule has 2 atom stereocenters. The standard InChI is InChI=1S/C18H19N7O/c1-11-3-5-24(18(26)12-6-22-23-7-12)10-14(11)17-21-9-13-8-20-16-15(25(13)17)2-4-19-16/h2,4,6-9,11,14,19H,3,5,10H2,1H3,(H,22,23)/t11-,14+/m0/s1. The minimum atomic E-state index is 0.0185. The van der Waals surface area contributed by atoms with Crippen LogP contribution in [0.3, 0.4) is 0 Å². The molecular weight excluding hydrogens is 330 g/mol. The van der Waals surface area contributed by atoms with Crippen molar-refractivity contribution < 1.29 is 4.79 Å². The van der Waals surface area contributed by atoms with Crippen LogP contribution < -0.4 is 0 Å². The van der Waals surface area contributed by atoms with Crippen LogP contribution in [-0.2, 0) is 0 Å². The Morgan fingerprint density at radius 1 is 1.27 bits per heavy atom. The van der Waals surface area contributed by atoms with E-state index in [0.717, 1.165) is 35.5 Å². The molecule has 26 heavy (non-hydrogen) atoms. The summed E-state index contributed by atoms with van der Waals surface area (Å²) >= 11 is 0. The fourth-order valence-corrected chi connectivity index (χ4v) is 3.90. The van der Waals surface area contributed by atoms with Gasteiger partial charge in [-0.15, -0.1) is 0 Å². The van der Waals surface area contributed by atoms with E-state index in [0.29, 0.717) is 18.0 Å². The van der Waals surface area contributed by atoms with Gasteiger partial charge in [-0.2, -0.15) is 5.10 Å². The van der Waals surface area contributed by atoms with Crippen LogP contribution >= 0.6 is 0 Å². The van der Waals surface area contributed by atoms with E-state index in [1.54, 1.807) is 12.4 Å². The van der Waals surface area contributed by atoms with E-state index in [-0.39, 0.29) is 11.8 Å². The monoisotopic (exact) mass is 349 g/mol. The van der Waals surface area contributed by atoms with Gasteiger partial charge < -0.3 is 9.88 Å². The maximum absolute atomic E-state index is 12.7. The molecule has 0 bridgehead atoms. The topological polar surface area (TPSA) is 95.0 Å². The summed E-state index contributed by atoms with van der Waals surface area (Å²) in [7, 11) is 0. The van der Waals surface area contributed by atoms with Crippen molar-refractivity contribution in [2.75, 3.05) is 13.1 Å². The van der Waals surface area contributed by atoms with E-state index in [2.05, 4.69) is 31.5 Å². The van der Waals surface area contributed by atoms with Gasteiger partial charge in [-0.1, -0.05) is 6.92 Å². The molecule has 8 heteroatoms. The van der Waals surface area contributed by atoms with Gasteiger partial charge in [0.25, 0.3) is 5.91 Å². The van der Waals surface area contributed by atoms with Crippen molar-refractivity contribution in [3.63, 3.8) is 0 Å². The third-order valence-electron chi connectivity index (χ3n) is 5.41. The summed E-state index contributed by atoms with van der Waals surface area (Å²) < 4.78 is 2.16. The molecule has 1 amide bonds. The summed E-state index contributed by atoms with van der Waals surface area (Å²) in [5.74, 6) is 1.62. The molecule has 1 aliphatic rings. The Balaban J connectivity index is 1.55. The van der Waals surface area contributed by atoms with E-state index in [1.165, 1.54) is 0 Å². The quantitative estimate of drug-likeness (QED) is 0.580. The van der Waals surface area contributed by atoms with Crippen molar-refractivity contribution in [3.8, 4) is 0 Å². The number of hydrogen-bond donors (Lipinski definition) is 2. The van der Waals surface area contributed by atoms with Crippen LogP contribution in [0.4, 0.5) is 0 Å². The van der Waals surface area contributed by atoms with Crippen LogP contribution in [0.15, 0.2) is 37.1 Å². The number of amides is 1. The van der Waals surface area contributed by atoms with Crippen LogP contribution in [0.5, 0.6) is 0 Å². The van der Waals surface area contributed by atoms with Gasteiger partial charge in [-0.25, -0.2) is 9.97 Å². The number of likely N-dealkylation sites (tertiary alicyclic amines) is 1. The van der Waals surface area contributed by atoms with Gasteiger partial charge in [0.15, 0.2) is 5.65 Å². The Hall–Kier alpha value is -3.16. The van der Waals surface area contributed by atoms with Gasteiger partial charge >= 0.3 is 0 Å². The minimum absolute atomic E-state index is 0.0185. The summed E-state index contributed by atoms with van der Waals surface area (Å²) in [6.07, 6.45) is 9.75. The molecule has 0 unspecified atom stereocenters. The number of H-pyrrole nitrogens is 2. The van der Waals surface area contributed by atoms with E-state index >= 15 is 0 Å². The average Bonchev–Trinajstić information content (AvgIpc) is 3.40. The maximum Gasteiger partial charge on any atom is 0.257 e. The molecule has 2 N–H and O–H groups in total. The Kier molecular flexibility index (Phi) is 3.31. The second kappa shape index (κ2) is 5.69. The summed E-state index contributed by atoms with van der Waals surface area (Å²) in [5, 5.41) is 6.61. The van der Waals surface area contributed by atoms with Crippen LogP contribution in [0.2, 0.25) is 0 Å². The smallest absolute Gasteiger partial charge is 0.257 e. The van der Waals surface area contributed by atoms with E-state index < -0.39 is 0 Å². The summed E-state index contributed by atoms with van der Waals surface area (Å²) in [6, 6.07) is 2.02. The minimum Gasteiger partial charge on any atom is -0.345 e. The van der Waals surface area contributed by atoms with Crippen molar-refractivity contribution in [2.24, 2.45) is 5.92 Å². The predicted octanol–water partition coefficient (Wildman–Crippen LogP) is 2.20. The number of carbonyl (C=O) groups is 1. The first-order valence-corrected chi connectivity index (χ1v) is 8.80. The zero-order valence-electron chi connectivity index (χ0n) is 14.4. The Labute approximate surface area is 149 Å². The second-order valence-electron chi connectivity index (χ2n) is 6.96. The van der Waals surface area contributed by atoms with Crippen LogP contribution in [0.25, 0.3) is 16.7 Å². The number of hydrogen-bond acceptors (Lipinski definition) is 4. The molecule has 5 heterocycles. The number of piperidine rings is 1. The number of fused-ring (bicyclic) bond motifs is 3. The lowest BCUT2D eigenvalue weighted by Crippen LogP contribution is -2.42. The predicted molar refractivity (Wildman–Crippen MR) is 95.9 cm³/mol. The first kappa shape index (κ1) is 15.1. The molecule has 0 aromatic carbocycles. The first-order chi connectivity index (χ1) is 12.7. The van der Waals surface area contributed by atoms with Gasteiger partial charge in [-0.05, 0) is 18.4 Å². The van der Waals surface area contributed by atoms with Crippen LogP contribution in [-0.4, -0.2) is 53.4 Å². The Morgan fingerprint density at radius 2 is 2.15 bits per heavy atom. The maximum atomic E-state index is 12.7. The molecule has 1 aliphatic heterocycles. The number of nitrogens with one attached hydrogen (secondary N) is 2. The zero-order chi connectivity index (χ0) is 17.7. The highest BCUT2D eigenvalue weighted by atomic mass is 16.2. The average molecular weight is 349 g/mol. The molecule has 8 nitrogen and oxygen atoms in total. The Morgan fingerprint density at radius 3 is 3.00 bits per heavy atom. The number of imidazole rings is 1. The first-order valence-electron chi connectivity index (χ1n) is 8.80. The third-order valence-corrected chi connectivity index (χ3v) is 5.41. The van der Waals surface area contributed by atoms with Crippen molar-refractivity contribution >= 4 is 22.6 Å². The summed E-state index contributed by atoms with van der Waals surface area (Å²) in [6.45, 7) is 3.64. The molecule has 0 aliphatic carbocycles. The highest BCUT2D eigenvalue weighted by Gasteiger charge is 2.33. The fourth-order valence-electron chi connectivity index (χ4n) is 3.90. The molecule has 0 spiro atoms. The molecule has 1 fully saturated rings. The van der Waals surface area contributed by atoms with Gasteiger partial charge in [0.1, 0.15) is 5.82 Å². The molecule has 4 aromatic heterocycles. The zero-order valence-corrected chi connectivity index (χ0v) is 14.4. The summed E-state index contributed by atoms with van der Waals surface area (Å²) in [4.78, 5) is 26.9. The number of nitrogens with zero attached hydrogens (tertiary/aromatic N) is 5. The van der Waals surface area contributed by atoms with Crippen molar-refractivity contribution in [2.45, 2.75) is 19.3 Å². The Bertz CT molecular complexity index is 1080. The van der Waals surface area contributed by atoms with Gasteiger partial charge in [0.2, 0.25) is 0 Å². The highest BCUT2D eigenvalue weighted by Crippen LogP contribution is 2.33. The van der Waals surface area contributed by atoms with Crippen molar-refractivity contribution in [1.82, 2.24) is 34.4 Å². The van der Waals surface area contributed by atoms with Gasteiger partial charge in [0.05, 0.1) is 35.2 Å². The molecule has 0 saturated carbocycles. The molecule has 0 radical (unpaired) electrons. The number of rotatable bonds is 2. The lowest BCUT2D eigenvalue weighted by Gasteiger charge is -2.36. The molecule has 5 rings (SSSR count). The summed E-state index contributed by atoms with van der Waals surface area (Å²) in [5.41, 5.74) is 3.42. The van der Waals surface area contributed by atoms with Crippen molar-refractivity contribution in [1.29, 1.82) is 0 Å². The van der Waals surface area contributed by atoms with Crippen LogP contribution in [0, 0.1) is 5.92 Å². The molecule has 132 valence electrons. The number of carbonyl (C=O) groups excluding carboxylic acids is 1. The molecule has 4 aromatic rings. The normalized spacial score (nSPS) is 20.9. The number of aromatic amines is 2. The van der Waals surface area contributed by atoms with Crippen LogP contribution in [0.1, 0.15) is 35.4 Å². The lowest BCUT2D eigenvalue weighted by molar-refractivity contribution is 0.0665. The SMILES string of the molecule is C[C@H]1CCN(C(=O)c2cn[nH]c2)C[C@H]1c1ncc2cnc3[nH]ccc3n12.